The first-order valence-electron chi connectivity index (χ1n) is 5.37. The predicted octanol–water partition coefficient (Wildman–Crippen LogP) is 2.62. The molecule has 18 heavy (non-hydrogen) atoms. The zero-order chi connectivity index (χ0) is 13.6. The van der Waals surface area contributed by atoms with Gasteiger partial charge in [0.15, 0.2) is 0 Å². The molecule has 0 bridgehead atoms. The van der Waals surface area contributed by atoms with Crippen molar-refractivity contribution in [3.8, 4) is 0 Å². The van der Waals surface area contributed by atoms with Crippen molar-refractivity contribution >= 4 is 32.8 Å². The van der Waals surface area contributed by atoms with Crippen LogP contribution in [-0.2, 0) is 7.05 Å². The SMILES string of the molecule is Cc1c(C(=O)O)c2cc(Br)cc(C)c2n(C)c1=O. The third kappa shape index (κ3) is 1.75. The fourth-order valence-electron chi connectivity index (χ4n) is 2.31. The Morgan fingerprint density at radius 3 is 2.50 bits per heavy atom. The number of aromatic carboxylic acids is 1. The van der Waals surface area contributed by atoms with Gasteiger partial charge in [-0.05, 0) is 31.5 Å². The molecule has 0 fully saturated rings. The van der Waals surface area contributed by atoms with Gasteiger partial charge in [0.2, 0.25) is 0 Å². The number of carboxylic acids is 1. The van der Waals surface area contributed by atoms with Crippen molar-refractivity contribution in [1.29, 1.82) is 0 Å². The van der Waals surface area contributed by atoms with Gasteiger partial charge < -0.3 is 9.67 Å². The Labute approximate surface area is 112 Å². The summed E-state index contributed by atoms with van der Waals surface area (Å²) in [6, 6.07) is 3.60. The summed E-state index contributed by atoms with van der Waals surface area (Å²) < 4.78 is 2.30. The number of pyridine rings is 1. The number of benzene rings is 1. The number of carboxylic acid groups (broad SMARTS) is 1. The molecule has 0 amide bonds. The van der Waals surface area contributed by atoms with Crippen LogP contribution in [0.25, 0.3) is 10.9 Å². The summed E-state index contributed by atoms with van der Waals surface area (Å²) in [6.07, 6.45) is 0. The maximum absolute atomic E-state index is 12.0. The monoisotopic (exact) mass is 309 g/mol. The van der Waals surface area contributed by atoms with Gasteiger partial charge in [0.1, 0.15) is 0 Å². The van der Waals surface area contributed by atoms with Crippen molar-refractivity contribution in [1.82, 2.24) is 4.57 Å². The van der Waals surface area contributed by atoms with Gasteiger partial charge in [-0.1, -0.05) is 15.9 Å². The molecule has 0 saturated carbocycles. The van der Waals surface area contributed by atoms with Gasteiger partial charge in [-0.3, -0.25) is 4.79 Å². The van der Waals surface area contributed by atoms with E-state index in [9.17, 15) is 14.7 Å². The molecular formula is C13H12BrNO3. The van der Waals surface area contributed by atoms with Gasteiger partial charge in [0.25, 0.3) is 5.56 Å². The van der Waals surface area contributed by atoms with Crippen molar-refractivity contribution in [2.45, 2.75) is 13.8 Å². The van der Waals surface area contributed by atoms with Gasteiger partial charge in [-0.2, -0.15) is 0 Å². The second-order valence-corrected chi connectivity index (χ2v) is 5.20. The highest BCUT2D eigenvalue weighted by atomic mass is 79.9. The Kier molecular flexibility index (Phi) is 3.02. The molecule has 0 aliphatic heterocycles. The first-order chi connectivity index (χ1) is 8.34. The molecule has 0 aliphatic carbocycles. The van der Waals surface area contributed by atoms with E-state index in [0.717, 1.165) is 10.0 Å². The Bertz CT molecular complexity index is 731. The van der Waals surface area contributed by atoms with Crippen molar-refractivity contribution in [3.05, 3.63) is 43.6 Å². The zero-order valence-corrected chi connectivity index (χ0v) is 11.8. The smallest absolute Gasteiger partial charge is 0.336 e. The van der Waals surface area contributed by atoms with E-state index >= 15 is 0 Å². The number of hydrogen-bond acceptors (Lipinski definition) is 2. The summed E-state index contributed by atoms with van der Waals surface area (Å²) >= 11 is 3.35. The standard InChI is InChI=1S/C13H12BrNO3/c1-6-4-8(14)5-9-10(13(17)18)7(2)12(16)15(3)11(6)9/h4-5H,1-3H3,(H,17,18). The van der Waals surface area contributed by atoms with Crippen LogP contribution in [0.1, 0.15) is 21.5 Å². The van der Waals surface area contributed by atoms with E-state index in [1.54, 1.807) is 20.0 Å². The molecular weight excluding hydrogens is 298 g/mol. The largest absolute Gasteiger partial charge is 0.478 e. The molecule has 1 N–H and O–H groups in total. The summed E-state index contributed by atoms with van der Waals surface area (Å²) in [6.45, 7) is 3.40. The van der Waals surface area contributed by atoms with Crippen LogP contribution in [0.4, 0.5) is 0 Å². The number of halogens is 1. The minimum atomic E-state index is -1.08. The number of nitrogens with zero attached hydrogens (tertiary/aromatic N) is 1. The highest BCUT2D eigenvalue weighted by Crippen LogP contribution is 2.26. The Hall–Kier alpha value is -1.62. The molecule has 4 nitrogen and oxygen atoms in total. The Morgan fingerprint density at radius 1 is 1.33 bits per heavy atom. The first kappa shape index (κ1) is 12.8. The molecule has 0 atom stereocenters. The highest BCUT2D eigenvalue weighted by molar-refractivity contribution is 9.10. The van der Waals surface area contributed by atoms with Gasteiger partial charge in [0.05, 0.1) is 11.1 Å². The van der Waals surface area contributed by atoms with E-state index in [2.05, 4.69) is 15.9 Å². The third-order valence-corrected chi connectivity index (χ3v) is 3.54. The molecule has 1 aromatic carbocycles. The van der Waals surface area contributed by atoms with E-state index in [4.69, 9.17) is 0 Å². The van der Waals surface area contributed by atoms with Crippen molar-refractivity contribution in [2.24, 2.45) is 7.05 Å². The van der Waals surface area contributed by atoms with Crippen LogP contribution in [0, 0.1) is 13.8 Å². The molecule has 5 heteroatoms. The van der Waals surface area contributed by atoms with E-state index in [1.807, 2.05) is 13.0 Å². The summed E-state index contributed by atoms with van der Waals surface area (Å²) in [4.78, 5) is 23.4. The second-order valence-electron chi connectivity index (χ2n) is 4.29. The predicted molar refractivity (Wildman–Crippen MR) is 73.3 cm³/mol. The quantitative estimate of drug-likeness (QED) is 0.881. The minimum Gasteiger partial charge on any atom is -0.478 e. The Morgan fingerprint density at radius 2 is 1.94 bits per heavy atom. The molecule has 1 aromatic heterocycles. The van der Waals surface area contributed by atoms with E-state index < -0.39 is 5.97 Å². The number of rotatable bonds is 1. The van der Waals surface area contributed by atoms with Crippen molar-refractivity contribution in [2.75, 3.05) is 0 Å². The van der Waals surface area contributed by atoms with Crippen molar-refractivity contribution in [3.63, 3.8) is 0 Å². The zero-order valence-electron chi connectivity index (χ0n) is 10.2. The molecule has 0 aliphatic rings. The van der Waals surface area contributed by atoms with Crippen LogP contribution in [0.3, 0.4) is 0 Å². The molecule has 0 unspecified atom stereocenters. The Balaban J connectivity index is 3.18. The lowest BCUT2D eigenvalue weighted by atomic mass is 10.0. The van der Waals surface area contributed by atoms with Crippen LogP contribution >= 0.6 is 15.9 Å². The van der Waals surface area contributed by atoms with Crippen LogP contribution in [0.5, 0.6) is 0 Å². The number of fused-ring (bicyclic) bond motifs is 1. The molecule has 0 spiro atoms. The van der Waals surface area contributed by atoms with Gasteiger partial charge >= 0.3 is 5.97 Å². The third-order valence-electron chi connectivity index (χ3n) is 3.08. The summed E-state index contributed by atoms with van der Waals surface area (Å²) in [7, 11) is 1.66. The van der Waals surface area contributed by atoms with Gasteiger partial charge in [0, 0.05) is 22.5 Å². The average molecular weight is 310 g/mol. The molecule has 2 aromatic rings. The summed E-state index contributed by atoms with van der Waals surface area (Å²) in [5.74, 6) is -1.08. The fraction of sp³-hybridized carbons (Fsp3) is 0.231. The maximum atomic E-state index is 12.0. The van der Waals surface area contributed by atoms with Crippen LogP contribution < -0.4 is 5.56 Å². The lowest BCUT2D eigenvalue weighted by Gasteiger charge is -2.13. The average Bonchev–Trinajstić information content (AvgIpc) is 2.24. The molecule has 2 rings (SSSR count). The second kappa shape index (κ2) is 4.24. The molecule has 0 saturated heterocycles. The van der Waals surface area contributed by atoms with E-state index in [0.29, 0.717) is 10.9 Å². The topological polar surface area (TPSA) is 59.3 Å². The van der Waals surface area contributed by atoms with Crippen LogP contribution in [0.2, 0.25) is 0 Å². The molecule has 94 valence electrons. The van der Waals surface area contributed by atoms with Gasteiger partial charge in [-0.25, -0.2) is 4.79 Å². The number of aromatic nitrogens is 1. The van der Waals surface area contributed by atoms with Crippen LogP contribution in [0.15, 0.2) is 21.4 Å². The number of carbonyl (C=O) groups is 1. The highest BCUT2D eigenvalue weighted by Gasteiger charge is 2.18. The number of hydrogen-bond donors (Lipinski definition) is 1. The lowest BCUT2D eigenvalue weighted by molar-refractivity contribution is 0.0698. The minimum absolute atomic E-state index is 0.0810. The molecule has 1 heterocycles. The maximum Gasteiger partial charge on any atom is 0.336 e. The summed E-state index contributed by atoms with van der Waals surface area (Å²) in [5.41, 5.74) is 1.59. The van der Waals surface area contributed by atoms with Gasteiger partial charge in [-0.15, -0.1) is 0 Å². The first-order valence-corrected chi connectivity index (χ1v) is 6.16. The lowest BCUT2D eigenvalue weighted by Crippen LogP contribution is -2.24. The fourth-order valence-corrected chi connectivity index (χ4v) is 2.88. The van der Waals surface area contributed by atoms with Crippen molar-refractivity contribution < 1.29 is 9.90 Å². The normalized spacial score (nSPS) is 10.9. The van der Waals surface area contributed by atoms with E-state index in [1.165, 1.54) is 4.57 Å². The molecule has 0 radical (unpaired) electrons. The van der Waals surface area contributed by atoms with Crippen LogP contribution in [-0.4, -0.2) is 15.6 Å². The van der Waals surface area contributed by atoms with E-state index in [-0.39, 0.29) is 16.7 Å². The summed E-state index contributed by atoms with van der Waals surface area (Å²) in [5, 5.41) is 9.88. The number of aryl methyl sites for hydroxylation is 2.